The number of cyclic esters (lactones) is 1. The van der Waals surface area contributed by atoms with Gasteiger partial charge in [-0.2, -0.15) is 0 Å². The van der Waals surface area contributed by atoms with Crippen LogP contribution in [0.4, 0.5) is 8.78 Å². The van der Waals surface area contributed by atoms with Crippen molar-refractivity contribution in [3.8, 4) is 0 Å². The number of benzene rings is 1. The van der Waals surface area contributed by atoms with Crippen molar-refractivity contribution in [2.45, 2.75) is 19.1 Å². The first-order valence-electron chi connectivity index (χ1n) is 4.31. The van der Waals surface area contributed by atoms with Crippen molar-refractivity contribution < 1.29 is 23.4 Å². The number of hydrogen-bond acceptors (Lipinski definition) is 3. The summed E-state index contributed by atoms with van der Waals surface area (Å²) in [6, 6.07) is 3.48. The number of carbonyl (C=O) groups excluding carboxylic acids is 1. The number of aliphatic hydroxyl groups excluding tert-OH is 1. The van der Waals surface area contributed by atoms with E-state index in [-0.39, 0.29) is 16.7 Å². The second kappa shape index (κ2) is 3.00. The summed E-state index contributed by atoms with van der Waals surface area (Å²) in [5.41, 5.74) is -0.0203. The molecule has 1 N–H and O–H groups in total. The van der Waals surface area contributed by atoms with Gasteiger partial charge in [-0.3, -0.25) is 0 Å². The van der Waals surface area contributed by atoms with E-state index < -0.39 is 18.2 Å². The highest BCUT2D eigenvalue weighted by molar-refractivity contribution is 5.93. The maximum Gasteiger partial charge on any atom is 0.341 e. The lowest BCUT2D eigenvalue weighted by Gasteiger charge is -2.11. The molecule has 3 nitrogen and oxygen atoms in total. The highest BCUT2D eigenvalue weighted by Crippen LogP contribution is 2.34. The van der Waals surface area contributed by atoms with Crippen molar-refractivity contribution in [1.29, 1.82) is 0 Å². The molecule has 0 bridgehead atoms. The largest absolute Gasteiger partial charge is 0.428 e. The summed E-state index contributed by atoms with van der Waals surface area (Å²) in [4.78, 5) is 11.1. The molecule has 1 unspecified atom stereocenters. The number of halogens is 2. The Labute approximate surface area is 84.3 Å². The molecule has 1 heterocycles. The third-order valence-corrected chi connectivity index (χ3v) is 2.26. The summed E-state index contributed by atoms with van der Waals surface area (Å²) in [5.74, 6) is -3.69. The molecule has 0 radical (unpaired) electrons. The van der Waals surface area contributed by atoms with Crippen LogP contribution >= 0.6 is 0 Å². The van der Waals surface area contributed by atoms with Gasteiger partial charge in [0.2, 0.25) is 6.29 Å². The third-order valence-electron chi connectivity index (χ3n) is 2.26. The van der Waals surface area contributed by atoms with Gasteiger partial charge in [0.15, 0.2) is 0 Å². The van der Waals surface area contributed by atoms with Gasteiger partial charge < -0.3 is 9.84 Å². The highest BCUT2D eigenvalue weighted by atomic mass is 19.3. The fraction of sp³-hybridized carbons (Fsp3) is 0.300. The van der Waals surface area contributed by atoms with Crippen LogP contribution in [0.1, 0.15) is 34.7 Å². The highest BCUT2D eigenvalue weighted by Gasteiger charge is 2.33. The smallest absolute Gasteiger partial charge is 0.341 e. The first-order valence-corrected chi connectivity index (χ1v) is 4.31. The quantitative estimate of drug-likeness (QED) is 0.727. The van der Waals surface area contributed by atoms with E-state index in [0.29, 0.717) is 0 Å². The Morgan fingerprint density at radius 3 is 2.73 bits per heavy atom. The minimum atomic E-state index is -3.00. The van der Waals surface area contributed by atoms with Crippen LogP contribution in [0.3, 0.4) is 0 Å². The number of alkyl halides is 2. The summed E-state index contributed by atoms with van der Waals surface area (Å²) in [6.07, 6.45) is -1.44. The lowest BCUT2D eigenvalue weighted by atomic mass is 10.0. The molecule has 1 aliphatic heterocycles. The summed E-state index contributed by atoms with van der Waals surface area (Å²) >= 11 is 0. The van der Waals surface area contributed by atoms with Gasteiger partial charge in [0, 0.05) is 18.1 Å². The molecular weight excluding hydrogens is 206 g/mol. The molecule has 80 valence electrons. The fourth-order valence-electron chi connectivity index (χ4n) is 1.45. The second-order valence-corrected chi connectivity index (χ2v) is 3.45. The zero-order valence-corrected chi connectivity index (χ0v) is 7.83. The molecule has 2 rings (SSSR count). The van der Waals surface area contributed by atoms with E-state index in [9.17, 15) is 18.7 Å². The fourth-order valence-corrected chi connectivity index (χ4v) is 1.45. The summed E-state index contributed by atoms with van der Waals surface area (Å²) < 4.78 is 30.4. The van der Waals surface area contributed by atoms with E-state index >= 15 is 0 Å². The maximum absolute atomic E-state index is 12.9. The molecule has 1 aromatic carbocycles. The molecule has 1 aromatic rings. The van der Waals surface area contributed by atoms with Gasteiger partial charge in [0.1, 0.15) is 0 Å². The molecule has 0 spiro atoms. The zero-order valence-electron chi connectivity index (χ0n) is 7.83. The van der Waals surface area contributed by atoms with Crippen LogP contribution in [0.2, 0.25) is 0 Å². The molecule has 5 heteroatoms. The van der Waals surface area contributed by atoms with Gasteiger partial charge in [-0.15, -0.1) is 0 Å². The van der Waals surface area contributed by atoms with E-state index in [1.54, 1.807) is 0 Å². The van der Waals surface area contributed by atoms with Gasteiger partial charge >= 0.3 is 5.97 Å². The Balaban J connectivity index is 2.52. The molecule has 15 heavy (non-hydrogen) atoms. The van der Waals surface area contributed by atoms with Crippen LogP contribution in [0, 0.1) is 0 Å². The molecule has 0 saturated carbocycles. The second-order valence-electron chi connectivity index (χ2n) is 3.45. The van der Waals surface area contributed by atoms with Crippen LogP contribution in [-0.4, -0.2) is 11.1 Å². The number of aliphatic hydroxyl groups is 1. The molecule has 0 aliphatic carbocycles. The van der Waals surface area contributed by atoms with Crippen LogP contribution < -0.4 is 0 Å². The van der Waals surface area contributed by atoms with E-state index in [1.165, 1.54) is 6.07 Å². The predicted octanol–water partition coefficient (Wildman–Crippen LogP) is 1.96. The average Bonchev–Trinajstić information content (AvgIpc) is 2.41. The van der Waals surface area contributed by atoms with Crippen molar-refractivity contribution >= 4 is 5.97 Å². The Hall–Kier alpha value is -1.49. The molecule has 0 amide bonds. The van der Waals surface area contributed by atoms with Gasteiger partial charge in [0.25, 0.3) is 5.92 Å². The number of esters is 1. The molecule has 1 atom stereocenters. The Morgan fingerprint density at radius 2 is 2.13 bits per heavy atom. The van der Waals surface area contributed by atoms with E-state index in [0.717, 1.165) is 19.1 Å². The Bertz CT molecular complexity index is 423. The van der Waals surface area contributed by atoms with Crippen LogP contribution in [0.5, 0.6) is 0 Å². The SMILES string of the molecule is CC(F)(F)c1ccc2c(c1)C(O)OC2=O. The number of fused-ring (bicyclic) bond motifs is 1. The summed E-state index contributed by atoms with van der Waals surface area (Å²) in [6.45, 7) is 0.749. The lowest BCUT2D eigenvalue weighted by molar-refractivity contribution is -0.0549. The number of rotatable bonds is 1. The molecule has 1 aliphatic rings. The van der Waals surface area contributed by atoms with Gasteiger partial charge in [-0.05, 0) is 12.1 Å². The minimum absolute atomic E-state index is 0.0963. The first kappa shape index (κ1) is 10.0. The number of hydrogen-bond donors (Lipinski definition) is 1. The standard InChI is InChI=1S/C10H8F2O3/c1-10(11,12)5-2-3-6-7(4-5)9(14)15-8(6)13/h2-4,9,14H,1H3. The monoisotopic (exact) mass is 214 g/mol. The molecule has 0 fully saturated rings. The van der Waals surface area contributed by atoms with E-state index in [1.807, 2.05) is 0 Å². The summed E-state index contributed by atoms with van der Waals surface area (Å²) in [5, 5.41) is 9.25. The van der Waals surface area contributed by atoms with Gasteiger partial charge in [-0.1, -0.05) is 6.07 Å². The van der Waals surface area contributed by atoms with Crippen molar-refractivity contribution in [2.75, 3.05) is 0 Å². The lowest BCUT2D eigenvalue weighted by Crippen LogP contribution is -2.08. The van der Waals surface area contributed by atoms with Gasteiger partial charge in [-0.25, -0.2) is 13.6 Å². The molecule has 0 saturated heterocycles. The topological polar surface area (TPSA) is 46.5 Å². The van der Waals surface area contributed by atoms with Crippen molar-refractivity contribution in [1.82, 2.24) is 0 Å². The predicted molar refractivity (Wildman–Crippen MR) is 46.4 cm³/mol. The average molecular weight is 214 g/mol. The summed E-state index contributed by atoms with van der Waals surface area (Å²) in [7, 11) is 0. The van der Waals surface area contributed by atoms with Crippen LogP contribution in [0.15, 0.2) is 18.2 Å². The molecule has 0 aromatic heterocycles. The normalized spacial score (nSPS) is 20.0. The Morgan fingerprint density at radius 1 is 1.47 bits per heavy atom. The van der Waals surface area contributed by atoms with Crippen LogP contribution in [-0.2, 0) is 10.7 Å². The first-order chi connectivity index (χ1) is 6.89. The Kier molecular flexibility index (Phi) is 2.01. The van der Waals surface area contributed by atoms with Crippen LogP contribution in [0.25, 0.3) is 0 Å². The van der Waals surface area contributed by atoms with E-state index in [2.05, 4.69) is 4.74 Å². The third kappa shape index (κ3) is 1.59. The zero-order chi connectivity index (χ0) is 11.2. The minimum Gasteiger partial charge on any atom is -0.428 e. The van der Waals surface area contributed by atoms with Gasteiger partial charge in [0.05, 0.1) is 5.56 Å². The van der Waals surface area contributed by atoms with Crippen molar-refractivity contribution in [2.24, 2.45) is 0 Å². The number of ether oxygens (including phenoxy) is 1. The maximum atomic E-state index is 12.9. The van der Waals surface area contributed by atoms with Crippen molar-refractivity contribution in [3.05, 3.63) is 34.9 Å². The van der Waals surface area contributed by atoms with Crippen molar-refractivity contribution in [3.63, 3.8) is 0 Å². The van der Waals surface area contributed by atoms with E-state index in [4.69, 9.17) is 0 Å². The molecular formula is C10H8F2O3. The number of carbonyl (C=O) groups is 1.